The Bertz CT molecular complexity index is 722. The summed E-state index contributed by atoms with van der Waals surface area (Å²) in [4.78, 5) is 23.3. The molecule has 5 nitrogen and oxygen atoms in total. The molecular weight excluding hydrogens is 290 g/mol. The molecule has 122 valence electrons. The Balaban J connectivity index is 1.44. The Kier molecular flexibility index (Phi) is 4.37. The summed E-state index contributed by atoms with van der Waals surface area (Å²) < 4.78 is 2.15. The molecule has 0 saturated carbocycles. The Labute approximate surface area is 136 Å². The summed E-state index contributed by atoms with van der Waals surface area (Å²) in [5, 5.41) is 7.14. The number of nitrogens with one attached hydrogen (secondary N) is 2. The van der Waals surface area contributed by atoms with Crippen LogP contribution in [-0.4, -0.2) is 28.5 Å². The molecule has 23 heavy (non-hydrogen) atoms. The fraction of sp³-hybridized carbons (Fsp3) is 0.444. The molecule has 2 N–H and O–H groups in total. The number of fused-ring (bicyclic) bond motifs is 1. The highest BCUT2D eigenvalue weighted by Crippen LogP contribution is 2.24. The molecule has 0 bridgehead atoms. The van der Waals surface area contributed by atoms with Crippen LogP contribution in [0.4, 0.5) is 0 Å². The number of carbonyl (C=O) groups is 2. The lowest BCUT2D eigenvalue weighted by atomic mass is 9.94. The van der Waals surface area contributed by atoms with Crippen molar-refractivity contribution in [2.75, 3.05) is 6.54 Å². The van der Waals surface area contributed by atoms with Gasteiger partial charge in [-0.25, -0.2) is 0 Å². The van der Waals surface area contributed by atoms with Gasteiger partial charge in [0.25, 0.3) is 0 Å². The molecule has 1 atom stereocenters. The first-order valence-corrected chi connectivity index (χ1v) is 8.17. The summed E-state index contributed by atoms with van der Waals surface area (Å²) >= 11 is 0. The Morgan fingerprint density at radius 3 is 2.96 bits per heavy atom. The maximum absolute atomic E-state index is 12.0. The Morgan fingerprint density at radius 2 is 2.17 bits per heavy atom. The monoisotopic (exact) mass is 313 g/mol. The predicted octanol–water partition coefficient (Wildman–Crippen LogP) is 2.21. The molecule has 2 amide bonds. The van der Waals surface area contributed by atoms with Crippen LogP contribution in [-0.2, 0) is 16.1 Å². The van der Waals surface area contributed by atoms with Gasteiger partial charge in [0, 0.05) is 43.2 Å². The van der Waals surface area contributed by atoms with Crippen LogP contribution in [0.2, 0.25) is 0 Å². The summed E-state index contributed by atoms with van der Waals surface area (Å²) in [5.74, 6) is 0.135. The van der Waals surface area contributed by atoms with Gasteiger partial charge < -0.3 is 15.2 Å². The molecule has 2 aromatic rings. The normalized spacial score (nSPS) is 20.7. The van der Waals surface area contributed by atoms with Crippen LogP contribution in [0, 0.1) is 0 Å². The first-order chi connectivity index (χ1) is 11.1. The van der Waals surface area contributed by atoms with Gasteiger partial charge in [-0.15, -0.1) is 0 Å². The minimum absolute atomic E-state index is 0.0452. The number of hydrogen-bond donors (Lipinski definition) is 2. The predicted molar refractivity (Wildman–Crippen MR) is 90.0 cm³/mol. The number of benzene rings is 1. The van der Waals surface area contributed by atoms with Gasteiger partial charge in [-0.3, -0.25) is 9.59 Å². The van der Waals surface area contributed by atoms with Crippen LogP contribution < -0.4 is 10.6 Å². The standard InChI is InChI=1S/C18H23N3O2/c1-18(10-7-17(23)20-18)9-6-16(22)19-11-13-21-12-8-14-4-2-3-5-15(14)21/h2-5,8,12H,6-7,9-11,13H2,1H3,(H,19,22)(H,20,23). The molecule has 5 heteroatoms. The van der Waals surface area contributed by atoms with E-state index in [0.29, 0.717) is 25.8 Å². The fourth-order valence-corrected chi connectivity index (χ4v) is 3.17. The molecular formula is C18H23N3O2. The van der Waals surface area contributed by atoms with Gasteiger partial charge in [0.15, 0.2) is 0 Å². The molecule has 1 unspecified atom stereocenters. The van der Waals surface area contributed by atoms with Gasteiger partial charge >= 0.3 is 0 Å². The lowest BCUT2D eigenvalue weighted by Crippen LogP contribution is -2.39. The van der Waals surface area contributed by atoms with Crippen LogP contribution in [0.1, 0.15) is 32.6 Å². The average molecular weight is 313 g/mol. The van der Waals surface area contributed by atoms with Crippen LogP contribution in [0.5, 0.6) is 0 Å². The highest BCUT2D eigenvalue weighted by atomic mass is 16.2. The fourth-order valence-electron chi connectivity index (χ4n) is 3.17. The molecule has 2 heterocycles. The van der Waals surface area contributed by atoms with E-state index in [0.717, 1.165) is 13.0 Å². The maximum Gasteiger partial charge on any atom is 0.220 e. The third-order valence-corrected chi connectivity index (χ3v) is 4.60. The number of amides is 2. The highest BCUT2D eigenvalue weighted by molar-refractivity contribution is 5.80. The largest absolute Gasteiger partial charge is 0.354 e. The van der Waals surface area contributed by atoms with Crippen molar-refractivity contribution in [1.82, 2.24) is 15.2 Å². The van der Waals surface area contributed by atoms with E-state index in [9.17, 15) is 9.59 Å². The molecule has 0 aliphatic carbocycles. The van der Waals surface area contributed by atoms with E-state index in [2.05, 4.69) is 33.4 Å². The summed E-state index contributed by atoms with van der Waals surface area (Å²) in [7, 11) is 0. The minimum Gasteiger partial charge on any atom is -0.354 e. The highest BCUT2D eigenvalue weighted by Gasteiger charge is 2.32. The van der Waals surface area contributed by atoms with Crippen LogP contribution >= 0.6 is 0 Å². The number of carbonyl (C=O) groups excluding carboxylic acids is 2. The zero-order valence-corrected chi connectivity index (χ0v) is 13.5. The zero-order valence-electron chi connectivity index (χ0n) is 13.5. The second kappa shape index (κ2) is 6.44. The smallest absolute Gasteiger partial charge is 0.220 e. The average Bonchev–Trinajstić information content (AvgIpc) is 3.10. The molecule has 0 spiro atoms. The molecule has 1 aliphatic rings. The van der Waals surface area contributed by atoms with Crippen molar-refractivity contribution in [2.24, 2.45) is 0 Å². The van der Waals surface area contributed by atoms with Crippen LogP contribution in [0.3, 0.4) is 0 Å². The molecule has 1 aromatic carbocycles. The molecule has 3 rings (SSSR count). The van der Waals surface area contributed by atoms with Gasteiger partial charge in [-0.05, 0) is 37.3 Å². The van der Waals surface area contributed by atoms with Gasteiger partial charge in [-0.2, -0.15) is 0 Å². The number of aromatic nitrogens is 1. The minimum atomic E-state index is -0.217. The summed E-state index contributed by atoms with van der Waals surface area (Å²) in [6, 6.07) is 10.3. The van der Waals surface area contributed by atoms with E-state index >= 15 is 0 Å². The van der Waals surface area contributed by atoms with E-state index in [-0.39, 0.29) is 17.4 Å². The number of para-hydroxylation sites is 1. The molecule has 1 fully saturated rings. The first-order valence-electron chi connectivity index (χ1n) is 8.17. The molecule has 1 aliphatic heterocycles. The Hall–Kier alpha value is -2.30. The molecule has 0 radical (unpaired) electrons. The van der Waals surface area contributed by atoms with Crippen molar-refractivity contribution in [1.29, 1.82) is 0 Å². The van der Waals surface area contributed by atoms with Gasteiger partial charge in [0.2, 0.25) is 11.8 Å². The van der Waals surface area contributed by atoms with Crippen molar-refractivity contribution in [3.05, 3.63) is 36.5 Å². The van der Waals surface area contributed by atoms with Crippen LogP contribution in [0.25, 0.3) is 10.9 Å². The van der Waals surface area contributed by atoms with E-state index in [1.165, 1.54) is 10.9 Å². The summed E-state index contributed by atoms with van der Waals surface area (Å²) in [6.07, 6.45) is 4.57. The van der Waals surface area contributed by atoms with Gasteiger partial charge in [0.05, 0.1) is 0 Å². The molecule has 1 saturated heterocycles. The SMILES string of the molecule is CC1(CCC(=O)NCCn2ccc3ccccc32)CCC(=O)N1. The van der Waals surface area contributed by atoms with Crippen molar-refractivity contribution < 1.29 is 9.59 Å². The topological polar surface area (TPSA) is 63.1 Å². The Morgan fingerprint density at radius 1 is 1.35 bits per heavy atom. The van der Waals surface area contributed by atoms with E-state index < -0.39 is 0 Å². The lowest BCUT2D eigenvalue weighted by Gasteiger charge is -2.23. The zero-order chi connectivity index (χ0) is 16.3. The second-order valence-corrected chi connectivity index (χ2v) is 6.53. The quantitative estimate of drug-likeness (QED) is 0.859. The third kappa shape index (κ3) is 3.73. The van der Waals surface area contributed by atoms with E-state index in [1.807, 2.05) is 25.3 Å². The van der Waals surface area contributed by atoms with Crippen molar-refractivity contribution in [3.63, 3.8) is 0 Å². The number of rotatable bonds is 6. The van der Waals surface area contributed by atoms with Crippen LogP contribution in [0.15, 0.2) is 36.5 Å². The van der Waals surface area contributed by atoms with Crippen molar-refractivity contribution in [2.45, 2.75) is 44.7 Å². The van der Waals surface area contributed by atoms with Gasteiger partial charge in [0.1, 0.15) is 0 Å². The number of hydrogen-bond acceptors (Lipinski definition) is 2. The van der Waals surface area contributed by atoms with Crippen molar-refractivity contribution in [3.8, 4) is 0 Å². The molecule has 1 aromatic heterocycles. The lowest BCUT2D eigenvalue weighted by molar-refractivity contribution is -0.122. The van der Waals surface area contributed by atoms with Gasteiger partial charge in [-0.1, -0.05) is 18.2 Å². The first kappa shape index (κ1) is 15.6. The van der Waals surface area contributed by atoms with E-state index in [4.69, 9.17) is 0 Å². The second-order valence-electron chi connectivity index (χ2n) is 6.53. The number of nitrogens with zero attached hydrogens (tertiary/aromatic N) is 1. The maximum atomic E-state index is 12.0. The summed E-state index contributed by atoms with van der Waals surface area (Å²) in [5.41, 5.74) is 0.966. The summed E-state index contributed by atoms with van der Waals surface area (Å²) in [6.45, 7) is 3.38. The van der Waals surface area contributed by atoms with E-state index in [1.54, 1.807) is 0 Å². The third-order valence-electron chi connectivity index (χ3n) is 4.60. The van der Waals surface area contributed by atoms with Crippen molar-refractivity contribution >= 4 is 22.7 Å².